The molecular weight excluding hydrogens is 232 g/mol. The van der Waals surface area contributed by atoms with Crippen molar-refractivity contribution in [3.05, 3.63) is 29.8 Å². The summed E-state index contributed by atoms with van der Waals surface area (Å²) in [6.45, 7) is 0. The van der Waals surface area contributed by atoms with Crippen LogP contribution >= 0.6 is 0 Å². The van der Waals surface area contributed by atoms with Gasteiger partial charge >= 0.3 is 0 Å². The standard InChI is InChI=1S/C9H8N2O4S/c10-9(13)5-7-1-3-8(4-2-7)16(14,15)11-6-12/h1-4H,5H2,(H2,10,13). The van der Waals surface area contributed by atoms with Crippen LogP contribution in [0.15, 0.2) is 33.6 Å². The summed E-state index contributed by atoms with van der Waals surface area (Å²) in [5.41, 5.74) is 5.55. The number of isocyanates is 1. The Balaban J connectivity index is 3.04. The first-order valence-electron chi connectivity index (χ1n) is 4.17. The minimum Gasteiger partial charge on any atom is -0.369 e. The molecule has 1 aromatic rings. The Morgan fingerprint density at radius 2 is 1.88 bits per heavy atom. The molecule has 0 radical (unpaired) electrons. The summed E-state index contributed by atoms with van der Waals surface area (Å²) in [7, 11) is -3.97. The lowest BCUT2D eigenvalue weighted by molar-refractivity contribution is -0.117. The van der Waals surface area contributed by atoms with Gasteiger partial charge in [-0.15, -0.1) is 0 Å². The third kappa shape index (κ3) is 3.01. The van der Waals surface area contributed by atoms with Gasteiger partial charge in [-0.3, -0.25) is 4.79 Å². The minimum atomic E-state index is -3.97. The fraction of sp³-hybridized carbons (Fsp3) is 0.111. The molecule has 0 saturated carbocycles. The first-order chi connectivity index (χ1) is 7.45. The highest BCUT2D eigenvalue weighted by molar-refractivity contribution is 7.90. The smallest absolute Gasteiger partial charge is 0.292 e. The first kappa shape index (κ1) is 12.1. The first-order valence-corrected chi connectivity index (χ1v) is 5.61. The van der Waals surface area contributed by atoms with Crippen LogP contribution in [-0.4, -0.2) is 20.4 Å². The molecule has 6 nitrogen and oxygen atoms in total. The fourth-order valence-electron chi connectivity index (χ4n) is 1.08. The van der Waals surface area contributed by atoms with Crippen LogP contribution in [0.2, 0.25) is 0 Å². The molecule has 0 saturated heterocycles. The van der Waals surface area contributed by atoms with Gasteiger partial charge in [0.15, 0.2) is 0 Å². The van der Waals surface area contributed by atoms with Gasteiger partial charge in [0.2, 0.25) is 5.91 Å². The molecule has 0 heterocycles. The number of nitrogens with two attached hydrogens (primary N) is 1. The Kier molecular flexibility index (Phi) is 3.55. The van der Waals surface area contributed by atoms with E-state index in [1.165, 1.54) is 24.3 Å². The van der Waals surface area contributed by atoms with E-state index >= 15 is 0 Å². The molecule has 16 heavy (non-hydrogen) atoms. The molecule has 0 aliphatic carbocycles. The van der Waals surface area contributed by atoms with Crippen molar-refractivity contribution < 1.29 is 18.0 Å². The normalized spacial score (nSPS) is 10.5. The molecule has 2 N–H and O–H groups in total. The highest BCUT2D eigenvalue weighted by Crippen LogP contribution is 2.13. The maximum absolute atomic E-state index is 11.2. The van der Waals surface area contributed by atoms with Crippen molar-refractivity contribution in [1.29, 1.82) is 0 Å². The molecule has 0 aromatic heterocycles. The van der Waals surface area contributed by atoms with E-state index in [1.54, 1.807) is 0 Å². The van der Waals surface area contributed by atoms with Gasteiger partial charge < -0.3 is 5.73 Å². The van der Waals surface area contributed by atoms with E-state index in [-0.39, 0.29) is 11.3 Å². The van der Waals surface area contributed by atoms with Gasteiger partial charge in [-0.05, 0) is 17.7 Å². The summed E-state index contributed by atoms with van der Waals surface area (Å²) >= 11 is 0. The molecule has 0 bridgehead atoms. The van der Waals surface area contributed by atoms with Gasteiger partial charge in [-0.2, -0.15) is 8.42 Å². The molecule has 0 aliphatic rings. The number of amides is 1. The Bertz CT molecular complexity index is 541. The van der Waals surface area contributed by atoms with Crippen molar-refractivity contribution in [2.24, 2.45) is 10.1 Å². The Morgan fingerprint density at radius 1 is 1.31 bits per heavy atom. The largest absolute Gasteiger partial charge is 0.369 e. The maximum atomic E-state index is 11.2. The van der Waals surface area contributed by atoms with Crippen LogP contribution in [0.25, 0.3) is 0 Å². The van der Waals surface area contributed by atoms with Crippen molar-refractivity contribution >= 4 is 22.0 Å². The summed E-state index contributed by atoms with van der Waals surface area (Å²) in [6.07, 6.45) is 0.991. The second kappa shape index (κ2) is 4.69. The molecule has 0 aliphatic heterocycles. The molecule has 1 aromatic carbocycles. The number of hydrogen-bond donors (Lipinski definition) is 1. The SMILES string of the molecule is NC(=O)Cc1ccc(S(=O)(=O)N=C=O)cc1. The third-order valence-electron chi connectivity index (χ3n) is 1.76. The van der Waals surface area contributed by atoms with Crippen LogP contribution in [0, 0.1) is 0 Å². The van der Waals surface area contributed by atoms with Gasteiger partial charge in [-0.1, -0.05) is 16.5 Å². The van der Waals surface area contributed by atoms with E-state index < -0.39 is 15.9 Å². The van der Waals surface area contributed by atoms with Gasteiger partial charge in [-0.25, -0.2) is 4.79 Å². The zero-order chi connectivity index (χ0) is 12.2. The number of carbonyl (C=O) groups excluding carboxylic acids is 2. The number of sulfonamides is 1. The van der Waals surface area contributed by atoms with E-state index in [0.29, 0.717) is 5.56 Å². The lowest BCUT2D eigenvalue weighted by Crippen LogP contribution is -2.13. The zero-order valence-corrected chi connectivity index (χ0v) is 8.90. The number of carbonyl (C=O) groups is 1. The molecule has 0 unspecified atom stereocenters. The highest BCUT2D eigenvalue weighted by atomic mass is 32.2. The summed E-state index contributed by atoms with van der Waals surface area (Å²) in [5, 5.41) is 0. The van der Waals surface area contributed by atoms with E-state index in [9.17, 15) is 18.0 Å². The molecule has 0 fully saturated rings. The number of hydrogen-bond acceptors (Lipinski definition) is 4. The second-order valence-corrected chi connectivity index (χ2v) is 4.55. The van der Waals surface area contributed by atoms with Crippen molar-refractivity contribution in [2.75, 3.05) is 0 Å². The fourth-order valence-corrected chi connectivity index (χ4v) is 1.77. The highest BCUT2D eigenvalue weighted by Gasteiger charge is 2.12. The predicted molar refractivity (Wildman–Crippen MR) is 54.6 cm³/mol. The van der Waals surface area contributed by atoms with E-state index in [2.05, 4.69) is 4.40 Å². The topological polar surface area (TPSA) is 107 Å². The lowest BCUT2D eigenvalue weighted by atomic mass is 10.1. The molecule has 7 heteroatoms. The van der Waals surface area contributed by atoms with E-state index in [4.69, 9.17) is 5.73 Å². The third-order valence-corrected chi connectivity index (χ3v) is 2.94. The molecule has 1 rings (SSSR count). The molecular formula is C9H8N2O4S. The zero-order valence-electron chi connectivity index (χ0n) is 8.08. The quantitative estimate of drug-likeness (QED) is 0.577. The van der Waals surface area contributed by atoms with Gasteiger partial charge in [0, 0.05) is 0 Å². The van der Waals surface area contributed by atoms with Crippen molar-refractivity contribution in [3.63, 3.8) is 0 Å². The average Bonchev–Trinajstić information content (AvgIpc) is 2.17. The number of benzene rings is 1. The van der Waals surface area contributed by atoms with Crippen LogP contribution in [0.1, 0.15) is 5.56 Å². The van der Waals surface area contributed by atoms with Crippen molar-refractivity contribution in [2.45, 2.75) is 11.3 Å². The summed E-state index contributed by atoms with van der Waals surface area (Å²) in [6, 6.07) is 5.35. The maximum Gasteiger partial charge on any atom is 0.292 e. The molecule has 0 spiro atoms. The van der Waals surface area contributed by atoms with Crippen LogP contribution < -0.4 is 5.73 Å². The predicted octanol–water partition coefficient (Wildman–Crippen LogP) is -0.261. The van der Waals surface area contributed by atoms with Crippen molar-refractivity contribution in [1.82, 2.24) is 0 Å². The average molecular weight is 240 g/mol. The lowest BCUT2D eigenvalue weighted by Gasteiger charge is -1.99. The van der Waals surface area contributed by atoms with Gasteiger partial charge in [0.25, 0.3) is 16.1 Å². The van der Waals surface area contributed by atoms with Gasteiger partial charge in [0.05, 0.1) is 11.3 Å². The molecule has 1 amide bonds. The van der Waals surface area contributed by atoms with Crippen LogP contribution in [0.4, 0.5) is 0 Å². The minimum absolute atomic E-state index is 0.0251. The second-order valence-electron chi connectivity index (χ2n) is 2.94. The Morgan fingerprint density at radius 3 is 2.31 bits per heavy atom. The summed E-state index contributed by atoms with van der Waals surface area (Å²) in [4.78, 5) is 20.3. The van der Waals surface area contributed by atoms with E-state index in [1.807, 2.05) is 0 Å². The number of rotatable bonds is 4. The Labute approximate surface area is 91.8 Å². The van der Waals surface area contributed by atoms with Gasteiger partial charge in [0.1, 0.15) is 0 Å². The molecule has 84 valence electrons. The van der Waals surface area contributed by atoms with E-state index in [0.717, 1.165) is 6.08 Å². The Hall–Kier alpha value is -1.98. The summed E-state index contributed by atoms with van der Waals surface area (Å²) < 4.78 is 25.2. The van der Waals surface area contributed by atoms with Crippen LogP contribution in [0.3, 0.4) is 0 Å². The van der Waals surface area contributed by atoms with Crippen LogP contribution in [0.5, 0.6) is 0 Å². The van der Waals surface area contributed by atoms with Crippen molar-refractivity contribution in [3.8, 4) is 0 Å². The number of primary amides is 1. The number of nitrogens with zero attached hydrogens (tertiary/aromatic N) is 1. The monoisotopic (exact) mass is 240 g/mol. The van der Waals surface area contributed by atoms with Crippen LogP contribution in [-0.2, 0) is 26.0 Å². The summed E-state index contributed by atoms with van der Waals surface area (Å²) in [5.74, 6) is -0.512. The molecule has 0 atom stereocenters.